The third kappa shape index (κ3) is 3.20. The van der Waals surface area contributed by atoms with Gasteiger partial charge >= 0.3 is 0 Å². The molecule has 4 nitrogen and oxygen atoms in total. The Morgan fingerprint density at radius 3 is 2.53 bits per heavy atom. The summed E-state index contributed by atoms with van der Waals surface area (Å²) in [5.41, 5.74) is 9.77. The highest BCUT2D eigenvalue weighted by molar-refractivity contribution is 5.75. The molecule has 0 atom stereocenters. The van der Waals surface area contributed by atoms with Gasteiger partial charge in [-0.3, -0.25) is 4.79 Å². The lowest BCUT2D eigenvalue weighted by Crippen LogP contribution is -2.28. The number of primary amides is 1. The van der Waals surface area contributed by atoms with Gasteiger partial charge in [0.15, 0.2) is 0 Å². The summed E-state index contributed by atoms with van der Waals surface area (Å²) in [6, 6.07) is 2.02. The molecule has 0 radical (unpaired) electrons. The monoisotopic (exact) mass is 236 g/mol. The zero-order chi connectivity index (χ0) is 13.0. The van der Waals surface area contributed by atoms with Gasteiger partial charge in [0.05, 0.1) is 13.7 Å². The molecule has 0 bridgehead atoms. The number of hydrogen-bond acceptors (Lipinski definition) is 3. The normalized spacial score (nSPS) is 10.4. The average molecular weight is 236 g/mol. The summed E-state index contributed by atoms with van der Waals surface area (Å²) in [7, 11) is 1.67. The maximum Gasteiger partial charge on any atom is 0.231 e. The molecule has 3 N–H and O–H groups in total. The van der Waals surface area contributed by atoms with Gasteiger partial charge in [0.1, 0.15) is 5.75 Å². The second-order valence-corrected chi connectivity index (χ2v) is 4.19. The van der Waals surface area contributed by atoms with Crippen LogP contribution in [0.3, 0.4) is 0 Å². The van der Waals surface area contributed by atoms with E-state index in [4.69, 9.17) is 10.5 Å². The molecule has 0 spiro atoms. The molecule has 0 aliphatic heterocycles. The van der Waals surface area contributed by atoms with Gasteiger partial charge in [-0.05, 0) is 49.1 Å². The molecule has 0 heterocycles. The molecule has 17 heavy (non-hydrogen) atoms. The Bertz CT molecular complexity index is 428. The van der Waals surface area contributed by atoms with E-state index in [0.29, 0.717) is 6.54 Å². The third-order valence-electron chi connectivity index (χ3n) is 3.03. The minimum absolute atomic E-state index is 0.198. The van der Waals surface area contributed by atoms with E-state index in [1.165, 1.54) is 11.1 Å². The fourth-order valence-corrected chi connectivity index (χ4v) is 1.89. The second kappa shape index (κ2) is 5.68. The number of ether oxygens (including phenoxy) is 1. The number of amides is 1. The maximum absolute atomic E-state index is 10.7. The number of nitrogens with two attached hydrogens (primary N) is 1. The Morgan fingerprint density at radius 1 is 1.35 bits per heavy atom. The van der Waals surface area contributed by atoms with Crippen LogP contribution < -0.4 is 15.8 Å². The molecule has 0 aliphatic carbocycles. The number of aryl methyl sites for hydroxylation is 1. The van der Waals surface area contributed by atoms with Crippen LogP contribution >= 0.6 is 0 Å². The smallest absolute Gasteiger partial charge is 0.231 e. The summed E-state index contributed by atoms with van der Waals surface area (Å²) in [5, 5.41) is 3.03. The first-order valence-electron chi connectivity index (χ1n) is 5.60. The quantitative estimate of drug-likeness (QED) is 0.807. The van der Waals surface area contributed by atoms with E-state index in [0.717, 1.165) is 16.9 Å². The summed E-state index contributed by atoms with van der Waals surface area (Å²) < 4.78 is 5.31. The predicted molar refractivity (Wildman–Crippen MR) is 68.1 cm³/mol. The Morgan fingerprint density at radius 2 is 2.00 bits per heavy atom. The van der Waals surface area contributed by atoms with Crippen molar-refractivity contribution >= 4 is 5.91 Å². The highest BCUT2D eigenvalue weighted by atomic mass is 16.5. The molecule has 1 aromatic carbocycles. The molecule has 0 unspecified atom stereocenters. The van der Waals surface area contributed by atoms with Gasteiger partial charge in [-0.2, -0.15) is 0 Å². The van der Waals surface area contributed by atoms with Crippen molar-refractivity contribution < 1.29 is 9.53 Å². The summed E-state index contributed by atoms with van der Waals surface area (Å²) in [4.78, 5) is 10.7. The minimum atomic E-state index is -0.342. The molecule has 0 aromatic heterocycles. The molecular formula is C13H20N2O2. The molecule has 1 aromatic rings. The van der Waals surface area contributed by atoms with E-state index < -0.39 is 0 Å². The zero-order valence-corrected chi connectivity index (χ0v) is 10.9. The molecular weight excluding hydrogens is 216 g/mol. The third-order valence-corrected chi connectivity index (χ3v) is 3.03. The molecule has 0 aliphatic rings. The first-order valence-corrected chi connectivity index (χ1v) is 5.60. The maximum atomic E-state index is 10.7. The van der Waals surface area contributed by atoms with Crippen LogP contribution in [-0.4, -0.2) is 19.6 Å². The summed E-state index contributed by atoms with van der Waals surface area (Å²) in [5.74, 6) is 0.559. The van der Waals surface area contributed by atoms with E-state index in [-0.39, 0.29) is 12.5 Å². The molecule has 94 valence electrons. The van der Waals surface area contributed by atoms with Crippen molar-refractivity contribution in [2.24, 2.45) is 5.73 Å². The Hall–Kier alpha value is -1.55. The Kier molecular flexibility index (Phi) is 4.52. The van der Waals surface area contributed by atoms with Crippen molar-refractivity contribution in [2.75, 3.05) is 13.7 Å². The van der Waals surface area contributed by atoms with Crippen molar-refractivity contribution in [3.05, 3.63) is 28.3 Å². The van der Waals surface area contributed by atoms with Crippen LogP contribution in [0.1, 0.15) is 22.3 Å². The number of nitrogens with one attached hydrogen (secondary N) is 1. The van der Waals surface area contributed by atoms with E-state index >= 15 is 0 Å². The van der Waals surface area contributed by atoms with Gasteiger partial charge in [-0.1, -0.05) is 0 Å². The van der Waals surface area contributed by atoms with E-state index in [1.807, 2.05) is 19.9 Å². The zero-order valence-electron chi connectivity index (χ0n) is 10.9. The first kappa shape index (κ1) is 13.5. The largest absolute Gasteiger partial charge is 0.496 e. The topological polar surface area (TPSA) is 64.3 Å². The number of rotatable bonds is 5. The average Bonchev–Trinajstić information content (AvgIpc) is 2.27. The predicted octanol–water partition coefficient (Wildman–Crippen LogP) is 1.20. The second-order valence-electron chi connectivity index (χ2n) is 4.19. The van der Waals surface area contributed by atoms with Gasteiger partial charge in [0.25, 0.3) is 0 Å². The summed E-state index contributed by atoms with van der Waals surface area (Å²) >= 11 is 0. The molecule has 4 heteroatoms. The van der Waals surface area contributed by atoms with Crippen LogP contribution in [0.25, 0.3) is 0 Å². The molecule has 0 fully saturated rings. The van der Waals surface area contributed by atoms with Crippen LogP contribution in [0.15, 0.2) is 6.07 Å². The standard InChI is InChI=1S/C13H20N2O2/c1-8-5-12(17-4)10(3)9(2)11(8)6-15-7-13(14)16/h5,15H,6-7H2,1-4H3,(H2,14,16). The number of carbonyl (C=O) groups excluding carboxylic acids is 1. The van der Waals surface area contributed by atoms with Crippen molar-refractivity contribution in [2.45, 2.75) is 27.3 Å². The van der Waals surface area contributed by atoms with Crippen molar-refractivity contribution in [1.29, 1.82) is 0 Å². The van der Waals surface area contributed by atoms with Crippen LogP contribution in [-0.2, 0) is 11.3 Å². The van der Waals surface area contributed by atoms with E-state index in [2.05, 4.69) is 12.2 Å². The molecule has 1 amide bonds. The van der Waals surface area contributed by atoms with Gasteiger partial charge < -0.3 is 15.8 Å². The lowest BCUT2D eigenvalue weighted by Gasteiger charge is -2.16. The van der Waals surface area contributed by atoms with Gasteiger partial charge in [0, 0.05) is 6.54 Å². The van der Waals surface area contributed by atoms with Crippen LogP contribution in [0.2, 0.25) is 0 Å². The number of benzene rings is 1. The van der Waals surface area contributed by atoms with Gasteiger partial charge in [-0.15, -0.1) is 0 Å². The fourth-order valence-electron chi connectivity index (χ4n) is 1.89. The minimum Gasteiger partial charge on any atom is -0.496 e. The summed E-state index contributed by atoms with van der Waals surface area (Å²) in [6.45, 7) is 6.98. The summed E-state index contributed by atoms with van der Waals surface area (Å²) in [6.07, 6.45) is 0. The number of hydrogen-bond donors (Lipinski definition) is 2. The van der Waals surface area contributed by atoms with Gasteiger partial charge in [-0.25, -0.2) is 0 Å². The molecule has 0 saturated carbocycles. The molecule has 0 saturated heterocycles. The lowest BCUT2D eigenvalue weighted by atomic mass is 9.97. The fraction of sp³-hybridized carbons (Fsp3) is 0.462. The van der Waals surface area contributed by atoms with Crippen LogP contribution in [0.5, 0.6) is 5.75 Å². The van der Waals surface area contributed by atoms with E-state index in [1.54, 1.807) is 7.11 Å². The van der Waals surface area contributed by atoms with Crippen molar-refractivity contribution in [1.82, 2.24) is 5.32 Å². The Labute approximate surface area is 102 Å². The highest BCUT2D eigenvalue weighted by Crippen LogP contribution is 2.27. The lowest BCUT2D eigenvalue weighted by molar-refractivity contribution is -0.117. The SMILES string of the molecule is COc1cc(C)c(CNCC(N)=O)c(C)c1C. The van der Waals surface area contributed by atoms with E-state index in [9.17, 15) is 4.79 Å². The number of carbonyl (C=O) groups is 1. The Balaban J connectivity index is 2.92. The van der Waals surface area contributed by atoms with Crippen LogP contribution in [0, 0.1) is 20.8 Å². The van der Waals surface area contributed by atoms with Gasteiger partial charge in [0.2, 0.25) is 5.91 Å². The van der Waals surface area contributed by atoms with Crippen molar-refractivity contribution in [3.63, 3.8) is 0 Å². The van der Waals surface area contributed by atoms with Crippen molar-refractivity contribution in [3.8, 4) is 5.75 Å². The first-order chi connectivity index (χ1) is 7.97. The number of methoxy groups -OCH3 is 1. The van der Waals surface area contributed by atoms with Crippen LogP contribution in [0.4, 0.5) is 0 Å². The molecule has 1 rings (SSSR count). The highest BCUT2D eigenvalue weighted by Gasteiger charge is 2.10.